The van der Waals surface area contributed by atoms with Gasteiger partial charge in [0, 0.05) is 11.1 Å². The molecule has 0 aliphatic rings. The summed E-state index contributed by atoms with van der Waals surface area (Å²) in [5, 5.41) is 10.8. The number of phenolic OH excluding ortho intramolecular Hbond substituents is 1. The van der Waals surface area contributed by atoms with Gasteiger partial charge in [0.15, 0.2) is 0 Å². The molecule has 0 fully saturated rings. The van der Waals surface area contributed by atoms with Crippen molar-refractivity contribution in [3.63, 3.8) is 0 Å². The van der Waals surface area contributed by atoms with Crippen LogP contribution in [0.3, 0.4) is 0 Å². The molecule has 0 saturated carbocycles. The number of benzene rings is 2. The summed E-state index contributed by atoms with van der Waals surface area (Å²) in [5.41, 5.74) is 3.56. The molecule has 0 spiro atoms. The number of phenols is 1. The van der Waals surface area contributed by atoms with Crippen molar-refractivity contribution >= 4 is 23.8 Å². The number of halogens is 1. The van der Waals surface area contributed by atoms with Gasteiger partial charge in [-0.15, -0.1) is 6.58 Å². The monoisotopic (exact) mass is 328 g/mol. The lowest BCUT2D eigenvalue weighted by Gasteiger charge is -2.14. The van der Waals surface area contributed by atoms with Crippen LogP contribution >= 0.6 is 11.6 Å². The predicted molar refractivity (Wildman–Crippen MR) is 98.2 cm³/mol. The Morgan fingerprint density at radius 3 is 2.57 bits per heavy atom. The van der Waals surface area contributed by atoms with Crippen molar-refractivity contribution in [2.24, 2.45) is 0 Å². The first-order valence-electron chi connectivity index (χ1n) is 7.48. The average molecular weight is 329 g/mol. The van der Waals surface area contributed by atoms with E-state index >= 15 is 0 Å². The second-order valence-electron chi connectivity index (χ2n) is 5.51. The van der Waals surface area contributed by atoms with E-state index in [1.54, 1.807) is 13.2 Å². The molecule has 0 aliphatic heterocycles. The van der Waals surface area contributed by atoms with Crippen LogP contribution in [0.4, 0.5) is 0 Å². The molecule has 0 unspecified atom stereocenters. The first kappa shape index (κ1) is 17.2. The Labute approximate surface area is 142 Å². The summed E-state index contributed by atoms with van der Waals surface area (Å²) in [6.07, 6.45) is 5.25. The van der Waals surface area contributed by atoms with E-state index < -0.39 is 0 Å². The number of hydrogen-bond acceptors (Lipinski definition) is 2. The van der Waals surface area contributed by atoms with Crippen LogP contribution in [0.25, 0.3) is 12.2 Å². The highest BCUT2D eigenvalue weighted by atomic mass is 35.5. The number of allylic oxidation sites excluding steroid dienone is 1. The van der Waals surface area contributed by atoms with Crippen molar-refractivity contribution in [2.45, 2.75) is 19.8 Å². The lowest BCUT2D eigenvalue weighted by atomic mass is 10.0. The number of ether oxygens (including phenoxy) is 1. The Balaban J connectivity index is 2.37. The number of methoxy groups -OCH3 is 1. The van der Waals surface area contributed by atoms with Crippen molar-refractivity contribution in [3.05, 3.63) is 70.3 Å². The number of hydrogen-bond donors (Lipinski definition) is 1. The molecule has 120 valence electrons. The summed E-state index contributed by atoms with van der Waals surface area (Å²) in [5.74, 6) is 0.723. The average Bonchev–Trinajstić information content (AvgIpc) is 2.54. The quantitative estimate of drug-likeness (QED) is 0.541. The smallest absolute Gasteiger partial charge is 0.144 e. The van der Waals surface area contributed by atoms with Gasteiger partial charge in [-0.2, -0.15) is 0 Å². The molecular formula is C20H21ClO2. The Bertz CT molecular complexity index is 718. The summed E-state index contributed by atoms with van der Waals surface area (Å²) in [6, 6.07) is 11.6. The van der Waals surface area contributed by atoms with Crippen molar-refractivity contribution < 1.29 is 9.84 Å². The zero-order valence-electron chi connectivity index (χ0n) is 13.5. The lowest BCUT2D eigenvalue weighted by molar-refractivity contribution is 0.399. The van der Waals surface area contributed by atoms with E-state index in [-0.39, 0.29) is 5.75 Å². The van der Waals surface area contributed by atoms with Crippen LogP contribution < -0.4 is 4.74 Å². The molecule has 0 amide bonds. The van der Waals surface area contributed by atoms with E-state index in [9.17, 15) is 5.11 Å². The van der Waals surface area contributed by atoms with Crippen LogP contribution in [0.1, 0.15) is 30.0 Å². The van der Waals surface area contributed by atoms with Gasteiger partial charge in [0.2, 0.25) is 0 Å². The molecule has 0 aromatic heterocycles. The minimum absolute atomic E-state index is 0.195. The third-order valence-corrected chi connectivity index (χ3v) is 3.98. The lowest BCUT2D eigenvalue weighted by Crippen LogP contribution is -1.96. The SMILES string of the molecule is C=C(C)CCc1c(O)cc(/C=C/c2ccccc2)c(Cl)c1OC. The third-order valence-electron chi connectivity index (χ3n) is 3.59. The fraction of sp³-hybridized carbons (Fsp3) is 0.200. The largest absolute Gasteiger partial charge is 0.508 e. The molecule has 0 bridgehead atoms. The second-order valence-corrected chi connectivity index (χ2v) is 5.89. The summed E-state index contributed by atoms with van der Waals surface area (Å²) in [6.45, 7) is 5.85. The van der Waals surface area contributed by atoms with Crippen LogP contribution in [-0.4, -0.2) is 12.2 Å². The molecule has 0 atom stereocenters. The highest BCUT2D eigenvalue weighted by Gasteiger charge is 2.16. The Morgan fingerprint density at radius 1 is 1.26 bits per heavy atom. The first-order chi connectivity index (χ1) is 11.0. The standard InChI is InChI=1S/C20H21ClO2/c1-14(2)9-12-17-18(22)13-16(19(21)20(17)23-3)11-10-15-7-5-4-6-8-15/h4-8,10-11,13,22H,1,9,12H2,2-3H3/b11-10+. The summed E-state index contributed by atoms with van der Waals surface area (Å²) < 4.78 is 5.43. The van der Waals surface area contributed by atoms with Gasteiger partial charge in [-0.25, -0.2) is 0 Å². The maximum Gasteiger partial charge on any atom is 0.144 e. The third kappa shape index (κ3) is 4.40. The van der Waals surface area contributed by atoms with Gasteiger partial charge in [0.25, 0.3) is 0 Å². The van der Waals surface area contributed by atoms with Gasteiger partial charge in [-0.1, -0.05) is 59.7 Å². The molecule has 0 aliphatic carbocycles. The molecule has 0 saturated heterocycles. The molecule has 2 rings (SSSR count). The van der Waals surface area contributed by atoms with Crippen molar-refractivity contribution in [1.82, 2.24) is 0 Å². The van der Waals surface area contributed by atoms with E-state index in [0.29, 0.717) is 17.2 Å². The minimum Gasteiger partial charge on any atom is -0.508 e. The highest BCUT2D eigenvalue weighted by molar-refractivity contribution is 6.33. The Kier molecular flexibility index (Phi) is 5.89. The predicted octanol–water partition coefficient (Wildman–Crippen LogP) is 5.73. The normalized spacial score (nSPS) is 10.9. The Morgan fingerprint density at radius 2 is 1.96 bits per heavy atom. The van der Waals surface area contributed by atoms with E-state index in [2.05, 4.69) is 6.58 Å². The topological polar surface area (TPSA) is 29.5 Å². The van der Waals surface area contributed by atoms with Gasteiger partial charge in [0.05, 0.1) is 12.1 Å². The summed E-state index contributed by atoms with van der Waals surface area (Å²) in [7, 11) is 1.57. The fourth-order valence-electron chi connectivity index (χ4n) is 2.34. The van der Waals surface area contributed by atoms with Crippen molar-refractivity contribution in [1.29, 1.82) is 0 Å². The van der Waals surface area contributed by atoms with E-state index in [1.165, 1.54) is 0 Å². The van der Waals surface area contributed by atoms with Crippen LogP contribution in [0.15, 0.2) is 48.6 Å². The molecule has 2 aromatic rings. The molecular weight excluding hydrogens is 308 g/mol. The highest BCUT2D eigenvalue weighted by Crippen LogP contribution is 2.39. The first-order valence-corrected chi connectivity index (χ1v) is 7.86. The molecule has 3 heteroatoms. The van der Waals surface area contributed by atoms with Gasteiger partial charge >= 0.3 is 0 Å². The van der Waals surface area contributed by atoms with Gasteiger partial charge in [-0.3, -0.25) is 0 Å². The van der Waals surface area contributed by atoms with Crippen molar-refractivity contribution in [3.8, 4) is 11.5 Å². The van der Waals surface area contributed by atoms with Gasteiger partial charge in [-0.05, 0) is 31.4 Å². The zero-order valence-corrected chi connectivity index (χ0v) is 14.2. The molecule has 0 radical (unpaired) electrons. The van der Waals surface area contributed by atoms with Gasteiger partial charge in [0.1, 0.15) is 11.5 Å². The maximum atomic E-state index is 10.3. The minimum atomic E-state index is 0.195. The number of aromatic hydroxyl groups is 1. The molecule has 1 N–H and O–H groups in total. The van der Waals surface area contributed by atoms with Gasteiger partial charge < -0.3 is 9.84 Å². The van der Waals surface area contributed by atoms with Crippen LogP contribution in [-0.2, 0) is 6.42 Å². The summed E-state index contributed by atoms with van der Waals surface area (Å²) in [4.78, 5) is 0. The maximum absolute atomic E-state index is 10.3. The molecule has 2 aromatic carbocycles. The van der Waals surface area contributed by atoms with E-state index in [4.69, 9.17) is 16.3 Å². The summed E-state index contributed by atoms with van der Waals surface area (Å²) >= 11 is 6.46. The fourth-order valence-corrected chi connectivity index (χ4v) is 2.65. The van der Waals surface area contributed by atoms with Crippen LogP contribution in [0.5, 0.6) is 11.5 Å². The second kappa shape index (κ2) is 7.89. The van der Waals surface area contributed by atoms with Crippen LogP contribution in [0, 0.1) is 0 Å². The van der Waals surface area contributed by atoms with Crippen LogP contribution in [0.2, 0.25) is 5.02 Å². The molecule has 0 heterocycles. The zero-order chi connectivity index (χ0) is 16.8. The number of rotatable bonds is 6. The van der Waals surface area contributed by atoms with E-state index in [1.807, 2.05) is 49.4 Å². The molecule has 23 heavy (non-hydrogen) atoms. The van der Waals surface area contributed by atoms with Crippen molar-refractivity contribution in [2.75, 3.05) is 7.11 Å². The van der Waals surface area contributed by atoms with E-state index in [0.717, 1.165) is 28.7 Å². The molecule has 2 nitrogen and oxygen atoms in total. The Hall–Kier alpha value is -2.19.